The molecular weight excluding hydrogens is 368 g/mol. The minimum absolute atomic E-state index is 0.226. The van der Waals surface area contributed by atoms with Crippen molar-refractivity contribution in [3.63, 3.8) is 0 Å². The van der Waals surface area contributed by atoms with E-state index in [9.17, 15) is 9.59 Å². The predicted molar refractivity (Wildman–Crippen MR) is 104 cm³/mol. The van der Waals surface area contributed by atoms with E-state index in [0.717, 1.165) is 5.56 Å². The number of ether oxygens (including phenoxy) is 2. The van der Waals surface area contributed by atoms with Crippen LogP contribution in [-0.2, 0) is 9.53 Å². The monoisotopic (exact) mass is 386 g/mol. The van der Waals surface area contributed by atoms with Crippen molar-refractivity contribution in [3.05, 3.63) is 64.0 Å². The summed E-state index contributed by atoms with van der Waals surface area (Å²) < 4.78 is 16.1. The summed E-state index contributed by atoms with van der Waals surface area (Å²) in [5.74, 6) is -0.0634. The van der Waals surface area contributed by atoms with Gasteiger partial charge in [0.1, 0.15) is 11.3 Å². The molecule has 0 aliphatic heterocycles. The Morgan fingerprint density at radius 3 is 2.48 bits per heavy atom. The van der Waals surface area contributed by atoms with E-state index in [1.54, 1.807) is 45.0 Å². The second-order valence-electron chi connectivity index (χ2n) is 6.36. The molecule has 0 fully saturated rings. The van der Waals surface area contributed by atoms with Crippen LogP contribution in [0.1, 0.15) is 20.8 Å². The van der Waals surface area contributed by atoms with Gasteiger partial charge in [-0.25, -0.2) is 9.59 Å². The summed E-state index contributed by atoms with van der Waals surface area (Å²) in [6.45, 7) is 5.14. The van der Waals surface area contributed by atoms with E-state index in [1.165, 1.54) is 6.07 Å². The molecule has 1 aromatic heterocycles. The van der Waals surface area contributed by atoms with Gasteiger partial charge in [-0.15, -0.1) is 0 Å². The third kappa shape index (κ3) is 4.31. The Morgan fingerprint density at radius 1 is 1.04 bits per heavy atom. The van der Waals surface area contributed by atoms with E-state index in [4.69, 9.17) is 25.5 Å². The van der Waals surface area contributed by atoms with Crippen molar-refractivity contribution >= 4 is 28.5 Å². The molecule has 1 atom stereocenters. The van der Waals surface area contributed by atoms with Gasteiger partial charge in [-0.3, -0.25) is 0 Å². The molecule has 0 aliphatic rings. The van der Waals surface area contributed by atoms with Gasteiger partial charge in [-0.2, -0.15) is 0 Å². The Balaban J connectivity index is 1.98. The standard InChI is InChI=1S/C21H19ClO5/c1-12(2)25-21(24)13(3)26-14-8-9-16-17(11-20(23)27-19(16)10-14)15-6-4-5-7-18(15)22/h4-13H,1-3H3/t13-/m1/s1. The summed E-state index contributed by atoms with van der Waals surface area (Å²) in [5, 5.41) is 1.25. The number of carbonyl (C=O) groups is 1. The molecule has 0 saturated carbocycles. The Bertz CT molecular complexity index is 1040. The minimum Gasteiger partial charge on any atom is -0.479 e. The van der Waals surface area contributed by atoms with E-state index >= 15 is 0 Å². The lowest BCUT2D eigenvalue weighted by Gasteiger charge is -2.16. The number of hydrogen-bond acceptors (Lipinski definition) is 5. The molecule has 140 valence electrons. The molecule has 0 amide bonds. The topological polar surface area (TPSA) is 65.7 Å². The fraction of sp³-hybridized carbons (Fsp3) is 0.238. The third-order valence-electron chi connectivity index (χ3n) is 3.88. The molecule has 2 aromatic carbocycles. The van der Waals surface area contributed by atoms with Crippen LogP contribution in [0.25, 0.3) is 22.1 Å². The van der Waals surface area contributed by atoms with E-state index in [-0.39, 0.29) is 6.10 Å². The normalized spacial score (nSPS) is 12.2. The molecule has 0 spiro atoms. The second-order valence-corrected chi connectivity index (χ2v) is 6.77. The Hall–Kier alpha value is -2.79. The van der Waals surface area contributed by atoms with Crippen LogP contribution in [0, 0.1) is 0 Å². The summed E-state index contributed by atoms with van der Waals surface area (Å²) in [4.78, 5) is 23.9. The maximum Gasteiger partial charge on any atom is 0.347 e. The summed E-state index contributed by atoms with van der Waals surface area (Å²) in [6.07, 6.45) is -1.01. The summed E-state index contributed by atoms with van der Waals surface area (Å²) >= 11 is 6.28. The first-order valence-corrected chi connectivity index (χ1v) is 8.93. The van der Waals surface area contributed by atoms with Crippen molar-refractivity contribution in [2.75, 3.05) is 0 Å². The zero-order valence-electron chi connectivity index (χ0n) is 15.2. The number of rotatable bonds is 5. The fourth-order valence-corrected chi connectivity index (χ4v) is 2.94. The molecule has 0 saturated heterocycles. The molecule has 6 heteroatoms. The number of fused-ring (bicyclic) bond motifs is 1. The first kappa shape index (κ1) is 19.0. The summed E-state index contributed by atoms with van der Waals surface area (Å²) in [5.41, 5.74) is 1.26. The lowest BCUT2D eigenvalue weighted by molar-refractivity contribution is -0.154. The smallest absolute Gasteiger partial charge is 0.347 e. The van der Waals surface area contributed by atoms with Crippen molar-refractivity contribution in [2.45, 2.75) is 33.0 Å². The molecule has 0 radical (unpaired) electrons. The molecule has 3 aromatic rings. The van der Waals surface area contributed by atoms with Gasteiger partial charge in [0.2, 0.25) is 0 Å². The number of halogens is 1. The first-order valence-electron chi connectivity index (χ1n) is 8.55. The van der Waals surface area contributed by atoms with Crippen LogP contribution in [0.2, 0.25) is 5.02 Å². The average Bonchev–Trinajstić information content (AvgIpc) is 2.60. The highest BCUT2D eigenvalue weighted by atomic mass is 35.5. The molecule has 1 heterocycles. The number of carbonyl (C=O) groups excluding carboxylic acids is 1. The summed E-state index contributed by atoms with van der Waals surface area (Å²) in [6, 6.07) is 13.7. The first-order chi connectivity index (χ1) is 12.8. The van der Waals surface area contributed by atoms with E-state index in [0.29, 0.717) is 27.3 Å². The molecule has 0 bridgehead atoms. The lowest BCUT2D eigenvalue weighted by atomic mass is 10.0. The Kier molecular flexibility index (Phi) is 5.51. The van der Waals surface area contributed by atoms with Crippen LogP contribution < -0.4 is 10.4 Å². The molecule has 5 nitrogen and oxygen atoms in total. The zero-order chi connectivity index (χ0) is 19.6. The van der Waals surface area contributed by atoms with Gasteiger partial charge >= 0.3 is 11.6 Å². The zero-order valence-corrected chi connectivity index (χ0v) is 15.9. The number of hydrogen-bond donors (Lipinski definition) is 0. The van der Waals surface area contributed by atoms with Crippen LogP contribution in [-0.4, -0.2) is 18.2 Å². The minimum atomic E-state index is -0.789. The van der Waals surface area contributed by atoms with Crippen molar-refractivity contribution in [1.82, 2.24) is 0 Å². The SMILES string of the molecule is CC(C)OC(=O)[C@@H](C)Oc1ccc2c(-c3ccccc3Cl)cc(=O)oc2c1. The van der Waals surface area contributed by atoms with Crippen LogP contribution in [0.15, 0.2) is 57.7 Å². The molecule has 27 heavy (non-hydrogen) atoms. The van der Waals surface area contributed by atoms with Gasteiger partial charge in [0.15, 0.2) is 6.10 Å². The maximum atomic E-state index is 12.0. The van der Waals surface area contributed by atoms with E-state index in [2.05, 4.69) is 0 Å². The van der Waals surface area contributed by atoms with Crippen molar-refractivity contribution in [2.24, 2.45) is 0 Å². The fourth-order valence-electron chi connectivity index (χ4n) is 2.70. The van der Waals surface area contributed by atoms with Crippen molar-refractivity contribution < 1.29 is 18.7 Å². The highest BCUT2D eigenvalue weighted by Gasteiger charge is 2.18. The average molecular weight is 387 g/mol. The van der Waals surface area contributed by atoms with Gasteiger partial charge in [-0.05, 0) is 39.0 Å². The highest BCUT2D eigenvalue weighted by Crippen LogP contribution is 2.33. The maximum absolute atomic E-state index is 12.0. The number of benzene rings is 2. The van der Waals surface area contributed by atoms with Gasteiger partial charge in [0.25, 0.3) is 0 Å². The van der Waals surface area contributed by atoms with Gasteiger partial charge in [0.05, 0.1) is 6.10 Å². The predicted octanol–water partition coefficient (Wildman–Crippen LogP) is 4.83. The van der Waals surface area contributed by atoms with Crippen LogP contribution >= 0.6 is 11.6 Å². The van der Waals surface area contributed by atoms with Gasteiger partial charge in [-0.1, -0.05) is 29.8 Å². The summed E-state index contributed by atoms with van der Waals surface area (Å²) in [7, 11) is 0. The second kappa shape index (κ2) is 7.84. The quantitative estimate of drug-likeness (QED) is 0.464. The molecule has 0 aliphatic carbocycles. The highest BCUT2D eigenvalue weighted by molar-refractivity contribution is 6.33. The van der Waals surface area contributed by atoms with Crippen LogP contribution in [0.5, 0.6) is 5.75 Å². The van der Waals surface area contributed by atoms with Crippen LogP contribution in [0.4, 0.5) is 0 Å². The van der Waals surface area contributed by atoms with E-state index < -0.39 is 17.7 Å². The molecular formula is C21H19ClO5. The van der Waals surface area contributed by atoms with Crippen LogP contribution in [0.3, 0.4) is 0 Å². The van der Waals surface area contributed by atoms with Gasteiger partial charge in [0, 0.05) is 33.7 Å². The third-order valence-corrected chi connectivity index (χ3v) is 4.21. The van der Waals surface area contributed by atoms with Crippen molar-refractivity contribution in [1.29, 1.82) is 0 Å². The lowest BCUT2D eigenvalue weighted by Crippen LogP contribution is -2.28. The van der Waals surface area contributed by atoms with Gasteiger partial charge < -0.3 is 13.9 Å². The van der Waals surface area contributed by atoms with E-state index in [1.807, 2.05) is 18.2 Å². The molecule has 3 rings (SSSR count). The largest absolute Gasteiger partial charge is 0.479 e. The Labute approximate surface area is 161 Å². The number of esters is 1. The molecule has 0 N–H and O–H groups in total. The Morgan fingerprint density at radius 2 is 1.78 bits per heavy atom. The molecule has 0 unspecified atom stereocenters. The van der Waals surface area contributed by atoms with Crippen molar-refractivity contribution in [3.8, 4) is 16.9 Å².